The summed E-state index contributed by atoms with van der Waals surface area (Å²) in [7, 11) is 0. The van der Waals surface area contributed by atoms with E-state index in [1.54, 1.807) is 0 Å². The minimum Gasteiger partial charge on any atom is -0.310 e. The number of thiophene rings is 1. The van der Waals surface area contributed by atoms with Gasteiger partial charge in [0.15, 0.2) is 0 Å². The molecule has 0 fully saturated rings. The van der Waals surface area contributed by atoms with Gasteiger partial charge in [-0.05, 0) is 82.9 Å². The third-order valence-corrected chi connectivity index (χ3v) is 11.2. The highest BCUT2D eigenvalue weighted by Gasteiger charge is 2.20. The van der Waals surface area contributed by atoms with Crippen LogP contribution >= 0.6 is 11.3 Å². The normalized spacial score (nSPS) is 11.5. The van der Waals surface area contributed by atoms with Crippen molar-refractivity contribution < 1.29 is 0 Å². The lowest BCUT2D eigenvalue weighted by molar-refractivity contribution is 1.18. The smallest absolute Gasteiger partial charge is 0.0562 e. The van der Waals surface area contributed by atoms with Crippen LogP contribution in [0.15, 0.2) is 194 Å². The second-order valence-corrected chi connectivity index (χ2v) is 14.0. The van der Waals surface area contributed by atoms with E-state index in [0.717, 1.165) is 22.7 Å². The Bertz CT molecular complexity index is 2830. The number of nitrogens with zero attached hydrogens (tertiary/aromatic N) is 2. The standard InChI is InChI=1S/C48H32N2S/c1-4-14-33(15-5-1)39-21-13-24-44-47(39)43-31-30-38(32-45(43)50(44)36-18-8-3-9-19-36)49(35-16-6-2-7-17-35)37-28-26-34(27-29-37)40-22-12-23-42-41-20-10-11-25-46(41)51-48(40)42/h1-32H. The van der Waals surface area contributed by atoms with Crippen LogP contribution in [0.1, 0.15) is 0 Å². The molecule has 0 unspecified atom stereocenters. The molecule has 240 valence electrons. The number of hydrogen-bond donors (Lipinski definition) is 0. The van der Waals surface area contributed by atoms with E-state index in [-0.39, 0.29) is 0 Å². The van der Waals surface area contributed by atoms with Crippen molar-refractivity contribution in [3.8, 4) is 27.9 Å². The van der Waals surface area contributed by atoms with Crippen molar-refractivity contribution >= 4 is 70.4 Å². The Labute approximate surface area is 300 Å². The number of hydrogen-bond acceptors (Lipinski definition) is 2. The monoisotopic (exact) mass is 668 g/mol. The second-order valence-electron chi connectivity index (χ2n) is 12.9. The first kappa shape index (κ1) is 29.5. The van der Waals surface area contributed by atoms with Crippen LogP contribution in [0, 0.1) is 0 Å². The molecule has 2 nitrogen and oxygen atoms in total. The Morgan fingerprint density at radius 3 is 1.80 bits per heavy atom. The Morgan fingerprint density at radius 2 is 1.00 bits per heavy atom. The molecule has 10 aromatic rings. The lowest BCUT2D eigenvalue weighted by Crippen LogP contribution is -2.10. The van der Waals surface area contributed by atoms with Crippen molar-refractivity contribution in [1.82, 2.24) is 4.57 Å². The van der Waals surface area contributed by atoms with Crippen LogP contribution in [0.3, 0.4) is 0 Å². The first-order chi connectivity index (χ1) is 25.3. The van der Waals surface area contributed by atoms with E-state index in [1.165, 1.54) is 64.2 Å². The molecule has 2 aromatic heterocycles. The summed E-state index contributed by atoms with van der Waals surface area (Å²) in [5, 5.41) is 5.14. The molecule has 0 amide bonds. The van der Waals surface area contributed by atoms with E-state index in [4.69, 9.17) is 0 Å². The van der Waals surface area contributed by atoms with Gasteiger partial charge in [-0.3, -0.25) is 0 Å². The molecular weight excluding hydrogens is 637 g/mol. The van der Waals surface area contributed by atoms with Crippen LogP contribution < -0.4 is 4.90 Å². The highest BCUT2D eigenvalue weighted by atomic mass is 32.1. The molecule has 0 bridgehead atoms. The van der Waals surface area contributed by atoms with Crippen LogP contribution in [0.5, 0.6) is 0 Å². The maximum absolute atomic E-state index is 2.42. The highest BCUT2D eigenvalue weighted by Crippen LogP contribution is 2.44. The quantitative estimate of drug-likeness (QED) is 0.171. The van der Waals surface area contributed by atoms with Gasteiger partial charge in [0.25, 0.3) is 0 Å². The first-order valence-corrected chi connectivity index (χ1v) is 18.2. The maximum atomic E-state index is 2.42. The van der Waals surface area contributed by atoms with Gasteiger partial charge < -0.3 is 9.47 Å². The SMILES string of the molecule is c1ccc(-c2cccc3c2c2ccc(N(c4ccccc4)c4ccc(-c5cccc6c5sc5ccccc56)cc4)cc2n3-c2ccccc2)cc1. The van der Waals surface area contributed by atoms with Gasteiger partial charge >= 0.3 is 0 Å². The average Bonchev–Trinajstić information content (AvgIpc) is 3.75. The summed E-state index contributed by atoms with van der Waals surface area (Å²) < 4.78 is 5.07. The maximum Gasteiger partial charge on any atom is 0.0562 e. The molecule has 0 aliphatic rings. The number of anilines is 3. The Hall–Kier alpha value is -6.42. The molecule has 0 radical (unpaired) electrons. The van der Waals surface area contributed by atoms with Crippen molar-refractivity contribution in [3.63, 3.8) is 0 Å². The lowest BCUT2D eigenvalue weighted by atomic mass is 9.99. The van der Waals surface area contributed by atoms with Crippen LogP contribution in [-0.4, -0.2) is 4.57 Å². The Morgan fingerprint density at radius 1 is 0.392 bits per heavy atom. The topological polar surface area (TPSA) is 8.17 Å². The average molecular weight is 669 g/mol. The summed E-state index contributed by atoms with van der Waals surface area (Å²) in [6.45, 7) is 0. The number of benzene rings is 8. The van der Waals surface area contributed by atoms with E-state index >= 15 is 0 Å². The number of fused-ring (bicyclic) bond motifs is 6. The fraction of sp³-hybridized carbons (Fsp3) is 0. The molecule has 0 aliphatic heterocycles. The van der Waals surface area contributed by atoms with E-state index in [0.29, 0.717) is 0 Å². The summed E-state index contributed by atoms with van der Waals surface area (Å²) in [6.07, 6.45) is 0. The summed E-state index contributed by atoms with van der Waals surface area (Å²) in [6, 6.07) is 70.2. The Balaban J connectivity index is 1.16. The van der Waals surface area contributed by atoms with Gasteiger partial charge in [-0.25, -0.2) is 0 Å². The zero-order chi connectivity index (χ0) is 33.7. The fourth-order valence-corrected chi connectivity index (χ4v) is 8.94. The highest BCUT2D eigenvalue weighted by molar-refractivity contribution is 7.26. The summed E-state index contributed by atoms with van der Waals surface area (Å²) in [5.74, 6) is 0. The first-order valence-electron chi connectivity index (χ1n) is 17.4. The Kier molecular flexibility index (Phi) is 7.04. The number of rotatable bonds is 6. The van der Waals surface area contributed by atoms with Crippen LogP contribution in [0.2, 0.25) is 0 Å². The third-order valence-electron chi connectivity index (χ3n) is 9.99. The molecule has 2 heterocycles. The van der Waals surface area contributed by atoms with Crippen LogP contribution in [0.25, 0.3) is 69.9 Å². The predicted octanol–water partition coefficient (Wildman–Crippen LogP) is 14.0. The molecule has 0 atom stereocenters. The predicted molar refractivity (Wildman–Crippen MR) is 219 cm³/mol. The van der Waals surface area contributed by atoms with Crippen molar-refractivity contribution in [2.45, 2.75) is 0 Å². The van der Waals surface area contributed by atoms with E-state index in [9.17, 15) is 0 Å². The van der Waals surface area contributed by atoms with Gasteiger partial charge in [0.05, 0.1) is 11.0 Å². The molecule has 0 aliphatic carbocycles. The fourth-order valence-electron chi connectivity index (χ4n) is 7.70. The zero-order valence-corrected chi connectivity index (χ0v) is 28.6. The lowest BCUT2D eigenvalue weighted by Gasteiger charge is -2.26. The van der Waals surface area contributed by atoms with Crippen molar-refractivity contribution in [2.24, 2.45) is 0 Å². The van der Waals surface area contributed by atoms with E-state index < -0.39 is 0 Å². The molecule has 51 heavy (non-hydrogen) atoms. The van der Waals surface area contributed by atoms with Crippen LogP contribution in [-0.2, 0) is 0 Å². The van der Waals surface area contributed by atoms with Gasteiger partial charge in [-0.2, -0.15) is 0 Å². The minimum absolute atomic E-state index is 1.11. The number of para-hydroxylation sites is 2. The van der Waals surface area contributed by atoms with Gasteiger partial charge in [0, 0.05) is 53.7 Å². The molecule has 0 spiro atoms. The van der Waals surface area contributed by atoms with Crippen molar-refractivity contribution in [3.05, 3.63) is 194 Å². The molecule has 0 saturated carbocycles. The van der Waals surface area contributed by atoms with Gasteiger partial charge in [0.2, 0.25) is 0 Å². The van der Waals surface area contributed by atoms with Gasteiger partial charge in [0.1, 0.15) is 0 Å². The van der Waals surface area contributed by atoms with Crippen molar-refractivity contribution in [2.75, 3.05) is 4.90 Å². The molecule has 10 rings (SSSR count). The van der Waals surface area contributed by atoms with E-state index in [1.807, 2.05) is 11.3 Å². The second kappa shape index (κ2) is 12.2. The van der Waals surface area contributed by atoms with E-state index in [2.05, 4.69) is 204 Å². The molecule has 8 aromatic carbocycles. The molecular formula is C48H32N2S. The summed E-state index contributed by atoms with van der Waals surface area (Å²) in [5.41, 5.74) is 11.8. The minimum atomic E-state index is 1.11. The van der Waals surface area contributed by atoms with Crippen molar-refractivity contribution in [1.29, 1.82) is 0 Å². The van der Waals surface area contributed by atoms with Crippen LogP contribution in [0.4, 0.5) is 17.1 Å². The molecule has 3 heteroatoms. The summed E-state index contributed by atoms with van der Waals surface area (Å²) >= 11 is 1.88. The van der Waals surface area contributed by atoms with Gasteiger partial charge in [-0.15, -0.1) is 11.3 Å². The zero-order valence-electron chi connectivity index (χ0n) is 27.8. The molecule has 0 saturated heterocycles. The number of aromatic nitrogens is 1. The largest absolute Gasteiger partial charge is 0.310 e. The third kappa shape index (κ3) is 4.93. The molecule has 0 N–H and O–H groups in total. The summed E-state index contributed by atoms with van der Waals surface area (Å²) in [4.78, 5) is 2.37. The van der Waals surface area contributed by atoms with Gasteiger partial charge in [-0.1, -0.05) is 133 Å².